The largest absolute Gasteiger partial charge is 0.508 e. The molecule has 104 valence electrons. The van der Waals surface area contributed by atoms with Crippen molar-refractivity contribution < 1.29 is 29.6 Å². The van der Waals surface area contributed by atoms with Crippen LogP contribution in [0, 0.1) is 0 Å². The lowest BCUT2D eigenvalue weighted by Crippen LogP contribution is -2.37. The molecule has 0 aliphatic carbocycles. The SMILES string of the molecule is COCCN(CC(=O)O)C(=O)c1cc(O)cc(O)c1. The molecule has 0 aromatic heterocycles. The monoisotopic (exact) mass is 269 g/mol. The number of ether oxygens (including phenoxy) is 1. The average Bonchev–Trinajstić information content (AvgIpc) is 2.32. The number of carbonyl (C=O) groups is 2. The Kier molecular flexibility index (Phi) is 5.13. The van der Waals surface area contributed by atoms with Gasteiger partial charge < -0.3 is 25.0 Å². The van der Waals surface area contributed by atoms with Gasteiger partial charge in [0, 0.05) is 25.3 Å². The highest BCUT2D eigenvalue weighted by Crippen LogP contribution is 2.21. The first-order chi connectivity index (χ1) is 8.93. The molecule has 3 N–H and O–H groups in total. The topological polar surface area (TPSA) is 107 Å². The predicted molar refractivity (Wildman–Crippen MR) is 65.2 cm³/mol. The van der Waals surface area contributed by atoms with E-state index in [1.54, 1.807) is 0 Å². The van der Waals surface area contributed by atoms with E-state index in [4.69, 9.17) is 9.84 Å². The Morgan fingerprint density at radius 2 is 1.79 bits per heavy atom. The molecule has 0 aliphatic heterocycles. The van der Waals surface area contributed by atoms with E-state index >= 15 is 0 Å². The Labute approximate surface area is 109 Å². The van der Waals surface area contributed by atoms with E-state index < -0.39 is 18.4 Å². The Bertz CT molecular complexity index is 453. The van der Waals surface area contributed by atoms with Crippen LogP contribution in [0.2, 0.25) is 0 Å². The van der Waals surface area contributed by atoms with Crippen LogP contribution >= 0.6 is 0 Å². The summed E-state index contributed by atoms with van der Waals surface area (Å²) in [6, 6.07) is 3.39. The summed E-state index contributed by atoms with van der Waals surface area (Å²) < 4.78 is 4.80. The van der Waals surface area contributed by atoms with Crippen molar-refractivity contribution in [2.24, 2.45) is 0 Å². The Balaban J connectivity index is 2.93. The maximum atomic E-state index is 12.1. The first-order valence-electron chi connectivity index (χ1n) is 5.47. The molecule has 1 aromatic rings. The Hall–Kier alpha value is -2.28. The molecular formula is C12H15NO6. The normalized spacial score (nSPS) is 10.2. The zero-order chi connectivity index (χ0) is 14.4. The van der Waals surface area contributed by atoms with Crippen LogP contribution in [0.1, 0.15) is 10.4 Å². The van der Waals surface area contributed by atoms with Gasteiger partial charge in [0.05, 0.1) is 6.61 Å². The number of phenolic OH excluding ortho intramolecular Hbond substituents is 2. The average molecular weight is 269 g/mol. The summed E-state index contributed by atoms with van der Waals surface area (Å²) in [4.78, 5) is 23.8. The van der Waals surface area contributed by atoms with Crippen molar-refractivity contribution in [1.29, 1.82) is 0 Å². The number of aliphatic carboxylic acids is 1. The zero-order valence-corrected chi connectivity index (χ0v) is 10.4. The summed E-state index contributed by atoms with van der Waals surface area (Å²) >= 11 is 0. The Morgan fingerprint density at radius 3 is 2.26 bits per heavy atom. The molecule has 0 spiro atoms. The molecule has 1 amide bonds. The number of methoxy groups -OCH3 is 1. The number of rotatable bonds is 6. The van der Waals surface area contributed by atoms with Crippen LogP contribution in [0.25, 0.3) is 0 Å². The third-order valence-corrected chi connectivity index (χ3v) is 2.33. The van der Waals surface area contributed by atoms with Crippen LogP contribution in [-0.2, 0) is 9.53 Å². The van der Waals surface area contributed by atoms with Gasteiger partial charge in [0.1, 0.15) is 18.0 Å². The highest BCUT2D eigenvalue weighted by atomic mass is 16.5. The Morgan fingerprint density at radius 1 is 1.21 bits per heavy atom. The summed E-state index contributed by atoms with van der Waals surface area (Å²) in [7, 11) is 1.43. The third-order valence-electron chi connectivity index (χ3n) is 2.33. The first kappa shape index (κ1) is 14.8. The molecule has 0 saturated carbocycles. The first-order valence-corrected chi connectivity index (χ1v) is 5.47. The molecule has 0 heterocycles. The number of amides is 1. The van der Waals surface area contributed by atoms with Gasteiger partial charge in [0.2, 0.25) is 0 Å². The molecule has 0 fully saturated rings. The molecule has 0 atom stereocenters. The smallest absolute Gasteiger partial charge is 0.323 e. The standard InChI is InChI=1S/C12H15NO6/c1-19-3-2-13(7-11(16)17)12(18)8-4-9(14)6-10(15)5-8/h4-6,14-15H,2-3,7H2,1H3,(H,16,17). The molecular weight excluding hydrogens is 254 g/mol. The fourth-order valence-electron chi connectivity index (χ4n) is 1.52. The van der Waals surface area contributed by atoms with Crippen molar-refractivity contribution in [3.63, 3.8) is 0 Å². The lowest BCUT2D eigenvalue weighted by Gasteiger charge is -2.20. The molecule has 7 nitrogen and oxygen atoms in total. The number of aromatic hydroxyl groups is 2. The number of benzene rings is 1. The molecule has 0 unspecified atom stereocenters. The number of carbonyl (C=O) groups excluding carboxylic acids is 1. The lowest BCUT2D eigenvalue weighted by atomic mass is 10.1. The van der Waals surface area contributed by atoms with E-state index in [0.29, 0.717) is 0 Å². The highest BCUT2D eigenvalue weighted by molar-refractivity contribution is 5.96. The van der Waals surface area contributed by atoms with Crippen molar-refractivity contribution >= 4 is 11.9 Å². The fourth-order valence-corrected chi connectivity index (χ4v) is 1.52. The van der Waals surface area contributed by atoms with E-state index in [9.17, 15) is 19.8 Å². The number of hydrogen-bond acceptors (Lipinski definition) is 5. The summed E-state index contributed by atoms with van der Waals surface area (Å²) in [6.07, 6.45) is 0. The molecule has 0 aliphatic rings. The van der Waals surface area contributed by atoms with Crippen molar-refractivity contribution in [2.75, 3.05) is 26.8 Å². The van der Waals surface area contributed by atoms with Gasteiger partial charge in [-0.05, 0) is 12.1 Å². The number of carboxylic acid groups (broad SMARTS) is 1. The van der Waals surface area contributed by atoms with Crippen LogP contribution < -0.4 is 0 Å². The lowest BCUT2D eigenvalue weighted by molar-refractivity contribution is -0.137. The molecule has 0 bridgehead atoms. The zero-order valence-electron chi connectivity index (χ0n) is 10.4. The van der Waals surface area contributed by atoms with Crippen LogP contribution in [0.5, 0.6) is 11.5 Å². The molecule has 1 aromatic carbocycles. The van der Waals surface area contributed by atoms with Gasteiger partial charge in [-0.3, -0.25) is 9.59 Å². The predicted octanol–water partition coefficient (Wildman–Crippen LogP) is 0.271. The molecule has 0 saturated heterocycles. The second-order valence-electron chi connectivity index (χ2n) is 3.85. The summed E-state index contributed by atoms with van der Waals surface area (Å²) in [6.45, 7) is -0.208. The summed E-state index contributed by atoms with van der Waals surface area (Å²) in [5, 5.41) is 27.4. The summed E-state index contributed by atoms with van der Waals surface area (Å²) in [5.74, 6) is -2.31. The van der Waals surface area contributed by atoms with E-state index in [1.165, 1.54) is 7.11 Å². The van der Waals surface area contributed by atoms with Gasteiger partial charge in [-0.2, -0.15) is 0 Å². The van der Waals surface area contributed by atoms with E-state index in [-0.39, 0.29) is 30.2 Å². The van der Waals surface area contributed by atoms with Crippen molar-refractivity contribution in [2.45, 2.75) is 0 Å². The second kappa shape index (κ2) is 6.60. The van der Waals surface area contributed by atoms with Gasteiger partial charge in [0.15, 0.2) is 0 Å². The van der Waals surface area contributed by atoms with Crippen LogP contribution in [0.15, 0.2) is 18.2 Å². The number of carboxylic acids is 1. The van der Waals surface area contributed by atoms with Crippen LogP contribution in [0.3, 0.4) is 0 Å². The van der Waals surface area contributed by atoms with Gasteiger partial charge in [-0.25, -0.2) is 0 Å². The maximum absolute atomic E-state index is 12.1. The minimum absolute atomic E-state index is 0.00912. The number of nitrogens with zero attached hydrogens (tertiary/aromatic N) is 1. The number of phenols is 2. The third kappa shape index (κ3) is 4.47. The molecule has 1 rings (SSSR count). The van der Waals surface area contributed by atoms with E-state index in [0.717, 1.165) is 23.1 Å². The van der Waals surface area contributed by atoms with Gasteiger partial charge in [-0.1, -0.05) is 0 Å². The van der Waals surface area contributed by atoms with E-state index in [2.05, 4.69) is 0 Å². The maximum Gasteiger partial charge on any atom is 0.323 e. The van der Waals surface area contributed by atoms with Crippen molar-refractivity contribution in [1.82, 2.24) is 4.90 Å². The summed E-state index contributed by atoms with van der Waals surface area (Å²) in [5.41, 5.74) is 0.00912. The molecule has 7 heteroatoms. The van der Waals surface area contributed by atoms with Gasteiger partial charge in [0.25, 0.3) is 5.91 Å². The fraction of sp³-hybridized carbons (Fsp3) is 0.333. The second-order valence-corrected chi connectivity index (χ2v) is 3.85. The van der Waals surface area contributed by atoms with Crippen molar-refractivity contribution in [3.8, 4) is 11.5 Å². The molecule has 19 heavy (non-hydrogen) atoms. The van der Waals surface area contributed by atoms with Crippen LogP contribution in [0.4, 0.5) is 0 Å². The minimum atomic E-state index is -1.16. The van der Waals surface area contributed by atoms with Crippen molar-refractivity contribution in [3.05, 3.63) is 23.8 Å². The van der Waals surface area contributed by atoms with E-state index in [1.807, 2.05) is 0 Å². The van der Waals surface area contributed by atoms with Gasteiger partial charge >= 0.3 is 5.97 Å². The molecule has 0 radical (unpaired) electrons. The highest BCUT2D eigenvalue weighted by Gasteiger charge is 2.19. The van der Waals surface area contributed by atoms with Crippen LogP contribution in [-0.4, -0.2) is 58.9 Å². The quantitative estimate of drug-likeness (QED) is 0.684. The number of hydrogen-bond donors (Lipinski definition) is 3. The minimum Gasteiger partial charge on any atom is -0.508 e. The van der Waals surface area contributed by atoms with Gasteiger partial charge in [-0.15, -0.1) is 0 Å².